The normalized spacial score (nSPS) is 19.9. The Balaban J connectivity index is 1.67. The number of carbonyl (C=O) groups is 2. The summed E-state index contributed by atoms with van der Waals surface area (Å²) in [6, 6.07) is 9.45. The maximum atomic E-state index is 13.0. The Labute approximate surface area is 185 Å². The van der Waals surface area contributed by atoms with Crippen molar-refractivity contribution < 1.29 is 14.3 Å². The fourth-order valence-corrected chi connectivity index (χ4v) is 4.87. The van der Waals surface area contributed by atoms with Gasteiger partial charge in [0.2, 0.25) is 5.96 Å². The lowest BCUT2D eigenvalue weighted by Crippen LogP contribution is -2.41. The monoisotopic (exact) mass is 438 g/mol. The summed E-state index contributed by atoms with van der Waals surface area (Å²) in [4.78, 5) is 34.9. The molecule has 0 unspecified atom stereocenters. The summed E-state index contributed by atoms with van der Waals surface area (Å²) < 4.78 is 5.11. The largest absolute Gasteiger partial charge is 0.462 e. The molecule has 8 heteroatoms. The molecule has 4 rings (SSSR count). The topological polar surface area (TPSA) is 92.7 Å². The van der Waals surface area contributed by atoms with Crippen molar-refractivity contribution in [2.24, 2.45) is 10.4 Å². The van der Waals surface area contributed by atoms with Gasteiger partial charge in [-0.3, -0.25) is 4.79 Å². The Kier molecular flexibility index (Phi) is 5.66. The molecular formula is C23H26N4O3S. The second-order valence-corrected chi connectivity index (χ2v) is 9.53. The Morgan fingerprint density at radius 3 is 2.74 bits per heavy atom. The summed E-state index contributed by atoms with van der Waals surface area (Å²) in [6.07, 6.45) is 1.26. The number of benzene rings is 1. The first kappa shape index (κ1) is 21.2. The summed E-state index contributed by atoms with van der Waals surface area (Å²) in [6.45, 7) is 8.06. The third-order valence-electron chi connectivity index (χ3n) is 5.32. The molecule has 1 aromatic heterocycles. The number of esters is 1. The number of Topliss-reactive ketones (excluding diaryl/α,β-unsaturated/α-hetero) is 1. The van der Waals surface area contributed by atoms with Crippen molar-refractivity contribution in [1.29, 1.82) is 0 Å². The zero-order valence-corrected chi connectivity index (χ0v) is 18.9. The molecule has 0 amide bonds. The molecule has 162 valence electrons. The number of carbonyl (C=O) groups excluding carboxylic acids is 2. The van der Waals surface area contributed by atoms with E-state index in [1.165, 1.54) is 11.3 Å². The van der Waals surface area contributed by atoms with Crippen LogP contribution < -0.4 is 10.6 Å². The first-order valence-electron chi connectivity index (χ1n) is 10.3. The van der Waals surface area contributed by atoms with E-state index in [4.69, 9.17) is 9.73 Å². The number of thiazole rings is 1. The van der Waals surface area contributed by atoms with Gasteiger partial charge >= 0.3 is 5.97 Å². The number of aliphatic imine (C=N–C) groups is 1. The Morgan fingerprint density at radius 1 is 1.29 bits per heavy atom. The zero-order chi connectivity index (χ0) is 22.2. The van der Waals surface area contributed by atoms with Gasteiger partial charge in [0.1, 0.15) is 10.9 Å². The number of guanidine groups is 1. The van der Waals surface area contributed by atoms with E-state index >= 15 is 0 Å². The minimum Gasteiger partial charge on any atom is -0.462 e. The van der Waals surface area contributed by atoms with Crippen LogP contribution in [0, 0.1) is 12.3 Å². The van der Waals surface area contributed by atoms with Gasteiger partial charge in [0.15, 0.2) is 10.9 Å². The smallest absolute Gasteiger partial charge is 0.350 e. The predicted molar refractivity (Wildman–Crippen MR) is 121 cm³/mol. The molecule has 0 saturated carbocycles. The van der Waals surface area contributed by atoms with Gasteiger partial charge in [-0.2, -0.15) is 0 Å². The van der Waals surface area contributed by atoms with Crippen LogP contribution >= 0.6 is 11.3 Å². The van der Waals surface area contributed by atoms with E-state index in [-0.39, 0.29) is 23.2 Å². The molecule has 7 nitrogen and oxygen atoms in total. The number of anilines is 1. The van der Waals surface area contributed by atoms with E-state index < -0.39 is 0 Å². The lowest BCUT2D eigenvalue weighted by Gasteiger charge is -2.37. The number of allylic oxidation sites excluding steroid dienone is 1. The van der Waals surface area contributed by atoms with Crippen LogP contribution in [0.25, 0.3) is 0 Å². The zero-order valence-electron chi connectivity index (χ0n) is 18.1. The van der Waals surface area contributed by atoms with E-state index in [0.29, 0.717) is 34.7 Å². The van der Waals surface area contributed by atoms with Crippen LogP contribution in [-0.4, -0.2) is 29.3 Å². The SMILES string of the molecule is CCOC(=O)c1sc(NC2=N[C@@H](c3ccccc3)C3=C(CC(C)(C)CC3=O)N2)nc1C. The van der Waals surface area contributed by atoms with E-state index in [1.807, 2.05) is 30.3 Å². The molecule has 2 aliphatic rings. The maximum Gasteiger partial charge on any atom is 0.350 e. The molecule has 2 heterocycles. The molecule has 1 aromatic carbocycles. The number of hydrogen-bond donors (Lipinski definition) is 2. The molecule has 1 aliphatic heterocycles. The fourth-order valence-electron chi connectivity index (χ4n) is 4.01. The van der Waals surface area contributed by atoms with Crippen molar-refractivity contribution in [2.45, 2.75) is 46.6 Å². The van der Waals surface area contributed by atoms with Crippen LogP contribution in [0.2, 0.25) is 0 Å². The number of rotatable bonds is 4. The molecule has 2 aromatic rings. The van der Waals surface area contributed by atoms with Gasteiger partial charge in [-0.05, 0) is 31.2 Å². The van der Waals surface area contributed by atoms with Crippen molar-refractivity contribution in [3.63, 3.8) is 0 Å². The predicted octanol–water partition coefficient (Wildman–Crippen LogP) is 4.38. The number of ketones is 1. The van der Waals surface area contributed by atoms with Crippen LogP contribution in [0.3, 0.4) is 0 Å². The molecule has 0 saturated heterocycles. The summed E-state index contributed by atoms with van der Waals surface area (Å²) in [5, 5.41) is 7.07. The third-order valence-corrected chi connectivity index (χ3v) is 6.37. The average Bonchev–Trinajstić information content (AvgIpc) is 3.07. The van der Waals surface area contributed by atoms with Crippen molar-refractivity contribution >= 4 is 34.2 Å². The van der Waals surface area contributed by atoms with Gasteiger partial charge < -0.3 is 15.4 Å². The molecule has 1 atom stereocenters. The van der Waals surface area contributed by atoms with E-state index in [0.717, 1.165) is 23.3 Å². The van der Waals surface area contributed by atoms with Gasteiger partial charge in [-0.1, -0.05) is 55.5 Å². The summed E-state index contributed by atoms with van der Waals surface area (Å²) in [5.74, 6) is 0.267. The maximum absolute atomic E-state index is 13.0. The number of aromatic nitrogens is 1. The molecule has 0 fully saturated rings. The lowest BCUT2D eigenvalue weighted by atomic mass is 9.73. The van der Waals surface area contributed by atoms with Gasteiger partial charge in [0, 0.05) is 17.7 Å². The Hall–Kier alpha value is -3.00. The summed E-state index contributed by atoms with van der Waals surface area (Å²) >= 11 is 1.23. The standard InChI is InChI=1S/C23H26N4O3S/c1-5-30-20(29)19-13(2)24-22(31-19)27-21-25-15-11-23(3,4)12-16(28)17(15)18(26-21)14-9-7-6-8-10-14/h6-10,18H,5,11-12H2,1-4H3,(H2,24,25,26,27)/t18-/m0/s1. The number of ether oxygens (including phenoxy) is 1. The van der Waals surface area contributed by atoms with Crippen LogP contribution in [0.1, 0.15) is 60.6 Å². The van der Waals surface area contributed by atoms with E-state index in [9.17, 15) is 9.59 Å². The van der Waals surface area contributed by atoms with Gasteiger partial charge in [0.05, 0.1) is 12.3 Å². The Bertz CT molecular complexity index is 1090. The van der Waals surface area contributed by atoms with E-state index in [1.54, 1.807) is 13.8 Å². The highest BCUT2D eigenvalue weighted by molar-refractivity contribution is 7.17. The highest BCUT2D eigenvalue weighted by Gasteiger charge is 2.39. The van der Waals surface area contributed by atoms with Gasteiger partial charge in [-0.25, -0.2) is 14.8 Å². The molecule has 1 aliphatic carbocycles. The summed E-state index contributed by atoms with van der Waals surface area (Å²) in [5.41, 5.74) is 3.08. The van der Waals surface area contributed by atoms with Crippen LogP contribution in [0.4, 0.5) is 5.13 Å². The van der Waals surface area contributed by atoms with Gasteiger partial charge in [0.25, 0.3) is 0 Å². The van der Waals surface area contributed by atoms with Crippen LogP contribution in [0.15, 0.2) is 46.6 Å². The van der Waals surface area contributed by atoms with Crippen molar-refractivity contribution in [3.8, 4) is 0 Å². The minimum absolute atomic E-state index is 0.124. The summed E-state index contributed by atoms with van der Waals surface area (Å²) in [7, 11) is 0. The first-order valence-corrected chi connectivity index (χ1v) is 11.2. The molecule has 0 spiro atoms. The highest BCUT2D eigenvalue weighted by atomic mass is 32.1. The third kappa shape index (κ3) is 4.39. The molecule has 2 N–H and O–H groups in total. The Morgan fingerprint density at radius 2 is 2.03 bits per heavy atom. The van der Waals surface area contributed by atoms with Crippen molar-refractivity contribution in [3.05, 3.63) is 57.7 Å². The minimum atomic E-state index is -0.380. The molecule has 0 bridgehead atoms. The number of nitrogens with one attached hydrogen (secondary N) is 2. The van der Waals surface area contributed by atoms with Crippen molar-refractivity contribution in [2.75, 3.05) is 11.9 Å². The lowest BCUT2D eigenvalue weighted by molar-refractivity contribution is -0.118. The first-order chi connectivity index (χ1) is 14.8. The number of aryl methyl sites for hydroxylation is 1. The number of hydrogen-bond acceptors (Lipinski definition) is 8. The highest BCUT2D eigenvalue weighted by Crippen LogP contribution is 2.43. The van der Waals surface area contributed by atoms with Crippen LogP contribution in [-0.2, 0) is 9.53 Å². The van der Waals surface area contributed by atoms with Crippen molar-refractivity contribution in [1.82, 2.24) is 10.3 Å². The quantitative estimate of drug-likeness (QED) is 0.688. The average molecular weight is 439 g/mol. The second-order valence-electron chi connectivity index (χ2n) is 8.53. The van der Waals surface area contributed by atoms with E-state index in [2.05, 4.69) is 29.5 Å². The molecule has 31 heavy (non-hydrogen) atoms. The molecular weight excluding hydrogens is 412 g/mol. The number of nitrogens with zero attached hydrogens (tertiary/aromatic N) is 2. The fraction of sp³-hybridized carbons (Fsp3) is 0.391. The van der Waals surface area contributed by atoms with Gasteiger partial charge in [-0.15, -0.1) is 0 Å². The second kappa shape index (κ2) is 8.26. The van der Waals surface area contributed by atoms with Crippen LogP contribution in [0.5, 0.6) is 0 Å². The molecule has 0 radical (unpaired) electrons.